The number of halogens is 2. The SMILES string of the molecule is Cc1nc(Br)cc(Br)c1-c1ccc(O)cc1. The Morgan fingerprint density at radius 1 is 1.12 bits per heavy atom. The van der Waals surface area contributed by atoms with Gasteiger partial charge in [-0.25, -0.2) is 4.98 Å². The van der Waals surface area contributed by atoms with Gasteiger partial charge in [-0.1, -0.05) is 12.1 Å². The molecule has 0 aliphatic heterocycles. The van der Waals surface area contributed by atoms with Crippen LogP contribution in [-0.4, -0.2) is 10.1 Å². The Bertz CT molecular complexity index is 500. The lowest BCUT2D eigenvalue weighted by atomic mass is 10.0. The van der Waals surface area contributed by atoms with E-state index in [0.29, 0.717) is 0 Å². The number of phenols is 1. The molecule has 0 unspecified atom stereocenters. The maximum atomic E-state index is 9.25. The van der Waals surface area contributed by atoms with Crippen LogP contribution in [0, 0.1) is 6.92 Å². The zero-order valence-corrected chi connectivity index (χ0v) is 11.7. The highest BCUT2D eigenvalue weighted by atomic mass is 79.9. The van der Waals surface area contributed by atoms with Crippen LogP contribution >= 0.6 is 31.9 Å². The van der Waals surface area contributed by atoms with Crippen molar-refractivity contribution in [3.05, 3.63) is 45.1 Å². The first-order valence-electron chi connectivity index (χ1n) is 4.70. The number of phenolic OH excluding ortho intramolecular Hbond substituents is 1. The van der Waals surface area contributed by atoms with Gasteiger partial charge in [0.25, 0.3) is 0 Å². The molecule has 2 rings (SSSR count). The summed E-state index contributed by atoms with van der Waals surface area (Å²) in [6, 6.07) is 9.00. The summed E-state index contributed by atoms with van der Waals surface area (Å²) in [5, 5.41) is 9.25. The van der Waals surface area contributed by atoms with Gasteiger partial charge in [-0.05, 0) is 62.5 Å². The van der Waals surface area contributed by atoms with Gasteiger partial charge in [0.05, 0.1) is 0 Å². The first kappa shape index (κ1) is 11.6. The Morgan fingerprint density at radius 3 is 2.31 bits per heavy atom. The summed E-state index contributed by atoms with van der Waals surface area (Å²) in [4.78, 5) is 4.36. The molecule has 0 saturated heterocycles. The fraction of sp³-hybridized carbons (Fsp3) is 0.0833. The first-order valence-corrected chi connectivity index (χ1v) is 6.28. The summed E-state index contributed by atoms with van der Waals surface area (Å²) < 4.78 is 1.79. The molecule has 4 heteroatoms. The lowest BCUT2D eigenvalue weighted by Gasteiger charge is -2.08. The van der Waals surface area contributed by atoms with Crippen LogP contribution in [-0.2, 0) is 0 Å². The van der Waals surface area contributed by atoms with Crippen molar-refractivity contribution in [3.8, 4) is 16.9 Å². The second-order valence-corrected chi connectivity index (χ2v) is 5.10. The number of rotatable bonds is 1. The fourth-order valence-electron chi connectivity index (χ4n) is 1.57. The summed E-state index contributed by atoms with van der Waals surface area (Å²) >= 11 is 6.87. The van der Waals surface area contributed by atoms with Gasteiger partial charge in [-0.3, -0.25) is 0 Å². The topological polar surface area (TPSA) is 33.1 Å². The highest BCUT2D eigenvalue weighted by molar-refractivity contribution is 9.11. The molecule has 0 bridgehead atoms. The molecule has 1 aromatic heterocycles. The number of aromatic hydroxyl groups is 1. The zero-order chi connectivity index (χ0) is 11.7. The molecule has 0 spiro atoms. The highest BCUT2D eigenvalue weighted by Gasteiger charge is 2.09. The summed E-state index contributed by atoms with van der Waals surface area (Å²) in [5.41, 5.74) is 3.01. The van der Waals surface area contributed by atoms with Crippen molar-refractivity contribution in [3.63, 3.8) is 0 Å². The van der Waals surface area contributed by atoms with E-state index in [2.05, 4.69) is 36.8 Å². The summed E-state index contributed by atoms with van der Waals surface area (Å²) in [6.07, 6.45) is 0. The first-order chi connectivity index (χ1) is 7.58. The van der Waals surface area contributed by atoms with E-state index in [1.807, 2.05) is 25.1 Å². The van der Waals surface area contributed by atoms with Crippen molar-refractivity contribution in [2.75, 3.05) is 0 Å². The molecule has 2 nitrogen and oxygen atoms in total. The van der Waals surface area contributed by atoms with E-state index >= 15 is 0 Å². The third-order valence-electron chi connectivity index (χ3n) is 2.28. The minimum atomic E-state index is 0.266. The second-order valence-electron chi connectivity index (χ2n) is 3.43. The molecule has 0 radical (unpaired) electrons. The maximum Gasteiger partial charge on any atom is 0.115 e. The third kappa shape index (κ3) is 2.28. The van der Waals surface area contributed by atoms with Crippen LogP contribution in [0.4, 0.5) is 0 Å². The van der Waals surface area contributed by atoms with Crippen LogP contribution in [0.15, 0.2) is 39.4 Å². The van der Waals surface area contributed by atoms with Crippen LogP contribution in [0.25, 0.3) is 11.1 Å². The maximum absolute atomic E-state index is 9.25. The fourth-order valence-corrected chi connectivity index (χ4v) is 3.11. The van der Waals surface area contributed by atoms with Crippen LogP contribution in [0.3, 0.4) is 0 Å². The average molecular weight is 343 g/mol. The number of nitrogens with zero attached hydrogens (tertiary/aromatic N) is 1. The van der Waals surface area contributed by atoms with Gasteiger partial charge in [0.15, 0.2) is 0 Å². The molecule has 0 amide bonds. The average Bonchev–Trinajstić information content (AvgIpc) is 2.19. The van der Waals surface area contributed by atoms with E-state index in [1.165, 1.54) is 0 Å². The largest absolute Gasteiger partial charge is 0.508 e. The molecule has 0 saturated carbocycles. The lowest BCUT2D eigenvalue weighted by Crippen LogP contribution is -1.90. The molecule has 0 aliphatic carbocycles. The molecule has 1 aromatic carbocycles. The molecule has 0 aliphatic rings. The second kappa shape index (κ2) is 4.55. The minimum Gasteiger partial charge on any atom is -0.508 e. The van der Waals surface area contributed by atoms with Gasteiger partial charge in [-0.15, -0.1) is 0 Å². The van der Waals surface area contributed by atoms with Crippen molar-refractivity contribution < 1.29 is 5.11 Å². The number of pyridine rings is 1. The smallest absolute Gasteiger partial charge is 0.115 e. The molecular weight excluding hydrogens is 334 g/mol. The summed E-state index contributed by atoms with van der Waals surface area (Å²) in [5.74, 6) is 0.266. The van der Waals surface area contributed by atoms with Gasteiger partial charge in [0.1, 0.15) is 10.4 Å². The van der Waals surface area contributed by atoms with Crippen LogP contribution in [0.2, 0.25) is 0 Å². The molecule has 82 valence electrons. The number of benzene rings is 1. The van der Waals surface area contributed by atoms with Gasteiger partial charge >= 0.3 is 0 Å². The molecular formula is C12H9Br2NO. The standard InChI is InChI=1S/C12H9Br2NO/c1-7-12(10(13)6-11(14)15-7)8-2-4-9(16)5-3-8/h2-6,16H,1H3. The van der Waals surface area contributed by atoms with Crippen molar-refractivity contribution in [1.82, 2.24) is 4.98 Å². The monoisotopic (exact) mass is 341 g/mol. The zero-order valence-electron chi connectivity index (χ0n) is 8.54. The van der Waals surface area contributed by atoms with Crippen LogP contribution < -0.4 is 0 Å². The summed E-state index contributed by atoms with van der Waals surface area (Å²) in [6.45, 7) is 1.96. The van der Waals surface area contributed by atoms with Crippen molar-refractivity contribution in [2.45, 2.75) is 6.92 Å². The van der Waals surface area contributed by atoms with Gasteiger partial charge < -0.3 is 5.11 Å². The van der Waals surface area contributed by atoms with E-state index in [9.17, 15) is 5.11 Å². The quantitative estimate of drug-likeness (QED) is 0.784. The normalized spacial score (nSPS) is 10.4. The summed E-state index contributed by atoms with van der Waals surface area (Å²) in [7, 11) is 0. The molecule has 0 fully saturated rings. The number of hydrogen-bond donors (Lipinski definition) is 1. The Hall–Kier alpha value is -0.870. The Labute approximate surface area is 111 Å². The van der Waals surface area contributed by atoms with E-state index < -0.39 is 0 Å². The lowest BCUT2D eigenvalue weighted by molar-refractivity contribution is 0.475. The van der Waals surface area contributed by atoms with E-state index in [0.717, 1.165) is 25.9 Å². The Balaban J connectivity index is 2.60. The van der Waals surface area contributed by atoms with Crippen molar-refractivity contribution in [1.29, 1.82) is 0 Å². The van der Waals surface area contributed by atoms with E-state index in [-0.39, 0.29) is 5.75 Å². The molecule has 16 heavy (non-hydrogen) atoms. The number of hydrogen-bond acceptors (Lipinski definition) is 2. The van der Waals surface area contributed by atoms with E-state index in [4.69, 9.17) is 0 Å². The van der Waals surface area contributed by atoms with Crippen LogP contribution in [0.5, 0.6) is 5.75 Å². The predicted octanol–water partition coefficient (Wildman–Crippen LogP) is 4.29. The Kier molecular flexibility index (Phi) is 3.30. The molecule has 1 N–H and O–H groups in total. The third-order valence-corrected chi connectivity index (χ3v) is 3.31. The molecule has 2 aromatic rings. The number of aryl methyl sites for hydroxylation is 1. The van der Waals surface area contributed by atoms with E-state index in [1.54, 1.807) is 12.1 Å². The predicted molar refractivity (Wildman–Crippen MR) is 71.5 cm³/mol. The van der Waals surface area contributed by atoms with Crippen molar-refractivity contribution >= 4 is 31.9 Å². The highest BCUT2D eigenvalue weighted by Crippen LogP contribution is 2.33. The Morgan fingerprint density at radius 2 is 1.75 bits per heavy atom. The molecule has 1 heterocycles. The number of aromatic nitrogens is 1. The van der Waals surface area contributed by atoms with Gasteiger partial charge in [0, 0.05) is 15.7 Å². The minimum absolute atomic E-state index is 0.266. The van der Waals surface area contributed by atoms with Crippen molar-refractivity contribution in [2.24, 2.45) is 0 Å². The van der Waals surface area contributed by atoms with Crippen LogP contribution in [0.1, 0.15) is 5.69 Å². The van der Waals surface area contributed by atoms with Gasteiger partial charge in [0.2, 0.25) is 0 Å². The van der Waals surface area contributed by atoms with Gasteiger partial charge in [-0.2, -0.15) is 0 Å². The molecule has 0 atom stereocenters.